The molecule has 2 aromatic rings. The Morgan fingerprint density at radius 2 is 1.57 bits per heavy atom. The van der Waals surface area contributed by atoms with Gasteiger partial charge in [-0.2, -0.15) is 0 Å². The van der Waals surface area contributed by atoms with Crippen LogP contribution in [0.25, 0.3) is 0 Å². The summed E-state index contributed by atoms with van der Waals surface area (Å²) in [6, 6.07) is 10.8. The van der Waals surface area contributed by atoms with Crippen molar-refractivity contribution in [2.45, 2.75) is 25.9 Å². The second-order valence-corrected chi connectivity index (χ2v) is 5.27. The van der Waals surface area contributed by atoms with Crippen LogP contribution in [-0.4, -0.2) is 7.05 Å². The van der Waals surface area contributed by atoms with Gasteiger partial charge in [-0.3, -0.25) is 0 Å². The third-order valence-electron chi connectivity index (χ3n) is 3.80. The number of nitrogens with two attached hydrogens (primary N) is 1. The molecule has 4 heteroatoms. The summed E-state index contributed by atoms with van der Waals surface area (Å²) in [5.41, 5.74) is 7.58. The summed E-state index contributed by atoms with van der Waals surface area (Å²) in [6.07, 6.45) is 0. The van der Waals surface area contributed by atoms with Crippen molar-refractivity contribution in [2.24, 2.45) is 5.73 Å². The topological polar surface area (TPSA) is 29.3 Å². The summed E-state index contributed by atoms with van der Waals surface area (Å²) in [4.78, 5) is 1.85. The summed E-state index contributed by atoms with van der Waals surface area (Å²) in [7, 11) is 1.82. The fourth-order valence-corrected chi connectivity index (χ4v) is 2.52. The smallest absolute Gasteiger partial charge is 0.130 e. The Bertz CT molecular complexity index is 626. The zero-order valence-corrected chi connectivity index (χ0v) is 12.5. The lowest BCUT2D eigenvalue weighted by Crippen LogP contribution is -2.25. The highest BCUT2D eigenvalue weighted by Crippen LogP contribution is 2.33. The molecule has 0 radical (unpaired) electrons. The molecular formula is C17H20F2N2. The Kier molecular flexibility index (Phi) is 4.58. The molecule has 2 rings (SSSR count). The molecule has 0 aromatic heterocycles. The van der Waals surface area contributed by atoms with Crippen LogP contribution >= 0.6 is 0 Å². The van der Waals surface area contributed by atoms with E-state index >= 15 is 0 Å². The minimum Gasteiger partial charge on any atom is -0.367 e. The lowest BCUT2D eigenvalue weighted by atomic mass is 10.0. The highest BCUT2D eigenvalue weighted by Gasteiger charge is 2.21. The molecule has 21 heavy (non-hydrogen) atoms. The molecule has 1 unspecified atom stereocenters. The van der Waals surface area contributed by atoms with E-state index in [2.05, 4.69) is 0 Å². The van der Waals surface area contributed by atoms with E-state index in [4.69, 9.17) is 5.73 Å². The van der Waals surface area contributed by atoms with Crippen LogP contribution in [0, 0.1) is 11.6 Å². The van der Waals surface area contributed by atoms with Gasteiger partial charge in [0.1, 0.15) is 11.6 Å². The van der Waals surface area contributed by atoms with E-state index in [1.807, 2.05) is 18.9 Å². The van der Waals surface area contributed by atoms with Gasteiger partial charge < -0.3 is 10.6 Å². The maximum absolute atomic E-state index is 14.0. The molecule has 0 aliphatic heterocycles. The molecule has 0 fully saturated rings. The third-order valence-corrected chi connectivity index (χ3v) is 3.80. The number of halogens is 2. The highest BCUT2D eigenvalue weighted by molar-refractivity contribution is 5.56. The molecule has 2 atom stereocenters. The fourth-order valence-electron chi connectivity index (χ4n) is 2.52. The molecule has 112 valence electrons. The number of hydrogen-bond acceptors (Lipinski definition) is 2. The highest BCUT2D eigenvalue weighted by atomic mass is 19.1. The van der Waals surface area contributed by atoms with Crippen LogP contribution < -0.4 is 10.6 Å². The molecule has 0 aliphatic rings. The Balaban J connectivity index is 2.43. The van der Waals surface area contributed by atoms with Crippen molar-refractivity contribution in [2.75, 3.05) is 11.9 Å². The van der Waals surface area contributed by atoms with Crippen molar-refractivity contribution < 1.29 is 8.78 Å². The second kappa shape index (κ2) is 6.22. The maximum atomic E-state index is 14.0. The van der Waals surface area contributed by atoms with E-state index in [1.54, 1.807) is 37.3 Å². The molecular weight excluding hydrogens is 270 g/mol. The average Bonchev–Trinajstić information content (AvgIpc) is 2.45. The van der Waals surface area contributed by atoms with E-state index in [9.17, 15) is 8.78 Å². The van der Waals surface area contributed by atoms with Gasteiger partial charge in [-0.05, 0) is 32.0 Å². The van der Waals surface area contributed by atoms with E-state index in [0.29, 0.717) is 16.8 Å². The maximum Gasteiger partial charge on any atom is 0.130 e. The number of nitrogens with zero attached hydrogens (tertiary/aromatic N) is 1. The van der Waals surface area contributed by atoms with Crippen LogP contribution in [-0.2, 0) is 0 Å². The SMILES string of the molecule is CC(c1ccccc1F)N(C)c1cccc(F)c1[C@@H](C)N. The van der Waals surface area contributed by atoms with Crippen LogP contribution in [0.3, 0.4) is 0 Å². The first kappa shape index (κ1) is 15.4. The van der Waals surface area contributed by atoms with Crippen molar-refractivity contribution in [1.29, 1.82) is 0 Å². The van der Waals surface area contributed by atoms with Crippen LogP contribution in [0.4, 0.5) is 14.5 Å². The largest absolute Gasteiger partial charge is 0.367 e. The number of anilines is 1. The molecule has 2 N–H and O–H groups in total. The van der Waals surface area contributed by atoms with Gasteiger partial charge >= 0.3 is 0 Å². The Hall–Kier alpha value is -1.94. The Morgan fingerprint density at radius 3 is 2.19 bits per heavy atom. The van der Waals surface area contributed by atoms with E-state index < -0.39 is 6.04 Å². The van der Waals surface area contributed by atoms with Crippen LogP contribution in [0.2, 0.25) is 0 Å². The monoisotopic (exact) mass is 290 g/mol. The quantitative estimate of drug-likeness (QED) is 0.915. The first-order chi connectivity index (χ1) is 9.93. The minimum atomic E-state index is -0.434. The van der Waals surface area contributed by atoms with Gasteiger partial charge in [0.15, 0.2) is 0 Å². The van der Waals surface area contributed by atoms with Crippen molar-refractivity contribution in [1.82, 2.24) is 0 Å². The molecule has 0 spiro atoms. The predicted molar refractivity (Wildman–Crippen MR) is 82.2 cm³/mol. The van der Waals surface area contributed by atoms with Crippen LogP contribution in [0.15, 0.2) is 42.5 Å². The van der Waals surface area contributed by atoms with Crippen molar-refractivity contribution in [3.05, 3.63) is 65.2 Å². The Labute approximate surface area is 124 Å². The average molecular weight is 290 g/mol. The number of benzene rings is 2. The zero-order chi connectivity index (χ0) is 15.6. The Morgan fingerprint density at radius 1 is 0.952 bits per heavy atom. The molecule has 0 saturated heterocycles. The van der Waals surface area contributed by atoms with Gasteiger partial charge in [0.2, 0.25) is 0 Å². The molecule has 0 heterocycles. The van der Waals surface area contributed by atoms with Gasteiger partial charge in [0.25, 0.3) is 0 Å². The van der Waals surface area contributed by atoms with Crippen LogP contribution in [0.1, 0.15) is 37.1 Å². The summed E-state index contributed by atoms with van der Waals surface area (Å²) >= 11 is 0. The zero-order valence-electron chi connectivity index (χ0n) is 12.5. The third kappa shape index (κ3) is 3.05. The lowest BCUT2D eigenvalue weighted by Gasteiger charge is -2.30. The van der Waals surface area contributed by atoms with E-state index in [-0.39, 0.29) is 17.7 Å². The van der Waals surface area contributed by atoms with Gasteiger partial charge in [-0.25, -0.2) is 8.78 Å². The lowest BCUT2D eigenvalue weighted by molar-refractivity contribution is 0.576. The molecule has 0 bridgehead atoms. The van der Waals surface area contributed by atoms with Crippen molar-refractivity contribution in [3.63, 3.8) is 0 Å². The van der Waals surface area contributed by atoms with E-state index in [1.165, 1.54) is 12.1 Å². The van der Waals surface area contributed by atoms with Crippen LogP contribution in [0.5, 0.6) is 0 Å². The number of rotatable bonds is 4. The van der Waals surface area contributed by atoms with Gasteiger partial charge in [0.05, 0.1) is 6.04 Å². The summed E-state index contributed by atoms with van der Waals surface area (Å²) in [5, 5.41) is 0. The second-order valence-electron chi connectivity index (χ2n) is 5.27. The molecule has 2 aromatic carbocycles. The molecule has 2 nitrogen and oxygen atoms in total. The molecule has 0 amide bonds. The van der Waals surface area contributed by atoms with Gasteiger partial charge in [-0.15, -0.1) is 0 Å². The first-order valence-corrected chi connectivity index (χ1v) is 6.94. The molecule has 0 aliphatic carbocycles. The molecule has 0 saturated carbocycles. The summed E-state index contributed by atoms with van der Waals surface area (Å²) in [5.74, 6) is -0.606. The first-order valence-electron chi connectivity index (χ1n) is 6.94. The fraction of sp³-hybridized carbons (Fsp3) is 0.294. The summed E-state index contributed by atoms with van der Waals surface area (Å²) < 4.78 is 28.0. The summed E-state index contributed by atoms with van der Waals surface area (Å²) in [6.45, 7) is 3.62. The predicted octanol–water partition coefficient (Wildman–Crippen LogP) is 4.18. The van der Waals surface area contributed by atoms with Gasteiger partial charge in [0, 0.05) is 29.9 Å². The van der Waals surface area contributed by atoms with E-state index in [0.717, 1.165) is 0 Å². The van der Waals surface area contributed by atoms with Crippen molar-refractivity contribution >= 4 is 5.69 Å². The van der Waals surface area contributed by atoms with Gasteiger partial charge in [-0.1, -0.05) is 24.3 Å². The van der Waals surface area contributed by atoms with Crippen molar-refractivity contribution in [3.8, 4) is 0 Å². The standard InChI is InChI=1S/C17H20F2N2/c1-11(20)17-15(19)9-6-10-16(17)21(3)12(2)13-7-4-5-8-14(13)18/h4-12H,20H2,1-3H3/t11-,12?/m1/s1. The minimum absolute atomic E-state index is 0.231. The normalized spacial score (nSPS) is 13.8. The number of hydrogen-bond donors (Lipinski definition) is 1.